The number of halogens is 1. The van der Waals surface area contributed by atoms with E-state index in [9.17, 15) is 5.11 Å². The van der Waals surface area contributed by atoms with Crippen LogP contribution in [0.15, 0.2) is 28.7 Å². The standard InChI is InChI=1S/C13H19BrO/c1-3-6-10(2)9-13(15)11-7-4-5-8-12(11)14/h4-5,7-8,10,13,15H,3,6,9H2,1-2H3. The molecule has 0 heterocycles. The number of aliphatic hydroxyl groups excluding tert-OH is 1. The third kappa shape index (κ3) is 3.96. The zero-order valence-corrected chi connectivity index (χ0v) is 11.0. The second-order valence-electron chi connectivity index (χ2n) is 4.17. The summed E-state index contributed by atoms with van der Waals surface area (Å²) in [5, 5.41) is 10.1. The van der Waals surface area contributed by atoms with Gasteiger partial charge in [-0.3, -0.25) is 0 Å². The molecule has 0 bridgehead atoms. The van der Waals surface area contributed by atoms with Crippen LogP contribution < -0.4 is 0 Å². The van der Waals surface area contributed by atoms with Gasteiger partial charge in [-0.05, 0) is 24.0 Å². The molecule has 0 radical (unpaired) electrons. The molecule has 84 valence electrons. The number of hydrogen-bond acceptors (Lipinski definition) is 1. The van der Waals surface area contributed by atoms with E-state index < -0.39 is 0 Å². The van der Waals surface area contributed by atoms with E-state index in [2.05, 4.69) is 29.8 Å². The molecule has 15 heavy (non-hydrogen) atoms. The summed E-state index contributed by atoms with van der Waals surface area (Å²) >= 11 is 3.47. The Morgan fingerprint density at radius 1 is 1.33 bits per heavy atom. The van der Waals surface area contributed by atoms with E-state index in [0.29, 0.717) is 5.92 Å². The third-order valence-electron chi connectivity index (χ3n) is 2.67. The lowest BCUT2D eigenvalue weighted by Gasteiger charge is -2.17. The van der Waals surface area contributed by atoms with Crippen molar-refractivity contribution < 1.29 is 5.11 Å². The molecule has 1 N–H and O–H groups in total. The van der Waals surface area contributed by atoms with Gasteiger partial charge in [0.15, 0.2) is 0 Å². The van der Waals surface area contributed by atoms with Crippen molar-refractivity contribution in [2.24, 2.45) is 5.92 Å². The molecular formula is C13H19BrO. The Hall–Kier alpha value is -0.340. The fourth-order valence-electron chi connectivity index (χ4n) is 1.86. The van der Waals surface area contributed by atoms with E-state index in [1.54, 1.807) is 0 Å². The first-order valence-corrected chi connectivity index (χ1v) is 6.37. The van der Waals surface area contributed by atoms with E-state index in [1.165, 1.54) is 12.8 Å². The van der Waals surface area contributed by atoms with Gasteiger partial charge in [0, 0.05) is 4.47 Å². The first kappa shape index (κ1) is 12.7. The lowest BCUT2D eigenvalue weighted by atomic mass is 9.95. The predicted molar refractivity (Wildman–Crippen MR) is 67.8 cm³/mol. The normalized spacial score (nSPS) is 14.9. The Balaban J connectivity index is 2.61. The largest absolute Gasteiger partial charge is 0.388 e. The minimum atomic E-state index is -0.345. The highest BCUT2D eigenvalue weighted by Crippen LogP contribution is 2.28. The van der Waals surface area contributed by atoms with Crippen molar-refractivity contribution in [2.75, 3.05) is 0 Å². The maximum absolute atomic E-state index is 10.1. The summed E-state index contributed by atoms with van der Waals surface area (Å²) in [4.78, 5) is 0. The number of aliphatic hydroxyl groups is 1. The van der Waals surface area contributed by atoms with Crippen LogP contribution in [0.2, 0.25) is 0 Å². The highest BCUT2D eigenvalue weighted by molar-refractivity contribution is 9.10. The minimum absolute atomic E-state index is 0.345. The van der Waals surface area contributed by atoms with Crippen LogP contribution in [0.3, 0.4) is 0 Å². The average Bonchev–Trinajstić information content (AvgIpc) is 2.18. The number of benzene rings is 1. The van der Waals surface area contributed by atoms with Gasteiger partial charge in [-0.25, -0.2) is 0 Å². The maximum atomic E-state index is 10.1. The van der Waals surface area contributed by atoms with Crippen LogP contribution in [0.5, 0.6) is 0 Å². The molecule has 0 saturated carbocycles. The first-order chi connectivity index (χ1) is 7.15. The first-order valence-electron chi connectivity index (χ1n) is 5.57. The fourth-order valence-corrected chi connectivity index (χ4v) is 2.41. The molecule has 1 aromatic carbocycles. The van der Waals surface area contributed by atoms with E-state index in [-0.39, 0.29) is 6.10 Å². The van der Waals surface area contributed by atoms with E-state index in [0.717, 1.165) is 16.5 Å². The molecule has 0 aliphatic rings. The summed E-state index contributed by atoms with van der Waals surface area (Å²) in [5.41, 5.74) is 1.00. The van der Waals surface area contributed by atoms with E-state index >= 15 is 0 Å². The molecule has 0 fully saturated rings. The lowest BCUT2D eigenvalue weighted by Crippen LogP contribution is -2.05. The SMILES string of the molecule is CCCC(C)CC(O)c1ccccc1Br. The highest BCUT2D eigenvalue weighted by Gasteiger charge is 2.13. The lowest BCUT2D eigenvalue weighted by molar-refractivity contribution is 0.144. The van der Waals surface area contributed by atoms with Crippen LogP contribution in [-0.2, 0) is 0 Å². The fraction of sp³-hybridized carbons (Fsp3) is 0.538. The molecule has 2 atom stereocenters. The predicted octanol–water partition coefficient (Wildman–Crippen LogP) is 4.31. The molecule has 1 rings (SSSR count). The van der Waals surface area contributed by atoms with Crippen LogP contribution >= 0.6 is 15.9 Å². The molecule has 0 spiro atoms. The Kier molecular flexibility index (Phi) is 5.34. The molecule has 2 heteroatoms. The van der Waals surface area contributed by atoms with Crippen molar-refractivity contribution in [1.29, 1.82) is 0 Å². The van der Waals surface area contributed by atoms with Gasteiger partial charge in [0.25, 0.3) is 0 Å². The molecule has 1 aromatic rings. The van der Waals surface area contributed by atoms with Crippen LogP contribution in [0, 0.1) is 5.92 Å². The molecule has 0 aliphatic carbocycles. The van der Waals surface area contributed by atoms with Crippen LogP contribution in [0.25, 0.3) is 0 Å². The van der Waals surface area contributed by atoms with Crippen molar-refractivity contribution in [1.82, 2.24) is 0 Å². The van der Waals surface area contributed by atoms with Crippen molar-refractivity contribution >= 4 is 15.9 Å². The van der Waals surface area contributed by atoms with Gasteiger partial charge in [-0.1, -0.05) is 60.8 Å². The Morgan fingerprint density at radius 2 is 2.00 bits per heavy atom. The second-order valence-corrected chi connectivity index (χ2v) is 5.02. The summed E-state index contributed by atoms with van der Waals surface area (Å²) in [7, 11) is 0. The van der Waals surface area contributed by atoms with E-state index in [1.807, 2.05) is 24.3 Å². The van der Waals surface area contributed by atoms with Crippen molar-refractivity contribution in [2.45, 2.75) is 39.2 Å². The van der Waals surface area contributed by atoms with Gasteiger partial charge in [0.1, 0.15) is 0 Å². The molecule has 1 nitrogen and oxygen atoms in total. The quantitative estimate of drug-likeness (QED) is 0.846. The molecule has 0 amide bonds. The smallest absolute Gasteiger partial charge is 0.0803 e. The van der Waals surface area contributed by atoms with Gasteiger partial charge in [0.2, 0.25) is 0 Å². The molecule has 0 saturated heterocycles. The third-order valence-corrected chi connectivity index (χ3v) is 3.39. The van der Waals surface area contributed by atoms with Crippen molar-refractivity contribution in [3.8, 4) is 0 Å². The maximum Gasteiger partial charge on any atom is 0.0803 e. The van der Waals surface area contributed by atoms with Crippen LogP contribution in [-0.4, -0.2) is 5.11 Å². The monoisotopic (exact) mass is 270 g/mol. The zero-order chi connectivity index (χ0) is 11.3. The average molecular weight is 271 g/mol. The molecule has 0 aromatic heterocycles. The van der Waals surface area contributed by atoms with Gasteiger partial charge in [-0.2, -0.15) is 0 Å². The summed E-state index contributed by atoms with van der Waals surface area (Å²) in [6.07, 6.45) is 2.86. The summed E-state index contributed by atoms with van der Waals surface area (Å²) in [6.45, 7) is 4.38. The number of rotatable bonds is 5. The van der Waals surface area contributed by atoms with Crippen molar-refractivity contribution in [3.05, 3.63) is 34.3 Å². The Labute approximate surface area is 101 Å². The number of hydrogen-bond donors (Lipinski definition) is 1. The van der Waals surface area contributed by atoms with Gasteiger partial charge >= 0.3 is 0 Å². The second kappa shape index (κ2) is 6.29. The highest BCUT2D eigenvalue weighted by atomic mass is 79.9. The van der Waals surface area contributed by atoms with Crippen molar-refractivity contribution in [3.63, 3.8) is 0 Å². The topological polar surface area (TPSA) is 20.2 Å². The Bertz CT molecular complexity index is 298. The summed E-state index contributed by atoms with van der Waals surface area (Å²) in [5.74, 6) is 0.581. The van der Waals surface area contributed by atoms with Gasteiger partial charge < -0.3 is 5.11 Å². The molecule has 0 aliphatic heterocycles. The minimum Gasteiger partial charge on any atom is -0.388 e. The summed E-state index contributed by atoms with van der Waals surface area (Å²) in [6, 6.07) is 7.89. The van der Waals surface area contributed by atoms with Crippen LogP contribution in [0.4, 0.5) is 0 Å². The van der Waals surface area contributed by atoms with Crippen LogP contribution in [0.1, 0.15) is 44.8 Å². The zero-order valence-electron chi connectivity index (χ0n) is 9.41. The van der Waals surface area contributed by atoms with Gasteiger partial charge in [-0.15, -0.1) is 0 Å². The molecule has 2 unspecified atom stereocenters. The Morgan fingerprint density at radius 3 is 2.60 bits per heavy atom. The van der Waals surface area contributed by atoms with Gasteiger partial charge in [0.05, 0.1) is 6.10 Å². The summed E-state index contributed by atoms with van der Waals surface area (Å²) < 4.78 is 1.00. The van der Waals surface area contributed by atoms with E-state index in [4.69, 9.17) is 0 Å². The molecular weight excluding hydrogens is 252 g/mol.